The Hall–Kier alpha value is -2.45. The maximum Gasteiger partial charge on any atom is 0.257 e. The van der Waals surface area contributed by atoms with Crippen molar-refractivity contribution >= 4 is 15.9 Å². The number of carbonyl (C=O) groups is 1. The van der Waals surface area contributed by atoms with Crippen LogP contribution in [0.1, 0.15) is 55.8 Å². The number of hydrogen-bond donors (Lipinski definition) is 0. The van der Waals surface area contributed by atoms with E-state index in [-0.39, 0.29) is 22.9 Å². The third kappa shape index (κ3) is 5.06. The van der Waals surface area contributed by atoms with E-state index in [1.54, 1.807) is 17.0 Å². The van der Waals surface area contributed by atoms with Crippen molar-refractivity contribution in [3.05, 3.63) is 59.9 Å². The molecule has 0 bridgehead atoms. The van der Waals surface area contributed by atoms with Crippen LogP contribution in [0, 0.1) is 5.82 Å². The number of sulfonamides is 1. The topological polar surface area (TPSA) is 66.9 Å². The number of hydrogen-bond acceptors (Lipinski definition) is 4. The minimum absolute atomic E-state index is 0.0373. The Morgan fingerprint density at radius 2 is 1.76 bits per heavy atom. The van der Waals surface area contributed by atoms with E-state index in [9.17, 15) is 17.6 Å². The Morgan fingerprint density at radius 1 is 1.00 bits per heavy atom. The molecule has 33 heavy (non-hydrogen) atoms. The summed E-state index contributed by atoms with van der Waals surface area (Å²) >= 11 is 0. The summed E-state index contributed by atoms with van der Waals surface area (Å²) in [6.07, 6.45) is 4.07. The van der Waals surface area contributed by atoms with Crippen LogP contribution in [-0.4, -0.2) is 55.3 Å². The van der Waals surface area contributed by atoms with E-state index in [0.717, 1.165) is 18.9 Å². The smallest absolute Gasteiger partial charge is 0.257 e. The lowest BCUT2D eigenvalue weighted by atomic mass is 9.92. The molecule has 2 aromatic carbocycles. The molecule has 1 saturated carbocycles. The van der Waals surface area contributed by atoms with Gasteiger partial charge in [0.25, 0.3) is 5.91 Å². The first-order valence-electron chi connectivity index (χ1n) is 11.7. The highest BCUT2D eigenvalue weighted by Crippen LogP contribution is 2.33. The average molecular weight is 475 g/mol. The van der Waals surface area contributed by atoms with E-state index in [1.807, 2.05) is 19.1 Å². The van der Waals surface area contributed by atoms with E-state index >= 15 is 0 Å². The number of carbonyl (C=O) groups excluding carboxylic acids is 1. The highest BCUT2D eigenvalue weighted by molar-refractivity contribution is 7.89. The molecule has 178 valence electrons. The molecule has 0 radical (unpaired) electrons. The molecule has 0 saturated heterocycles. The molecule has 1 fully saturated rings. The van der Waals surface area contributed by atoms with Crippen molar-refractivity contribution in [1.82, 2.24) is 9.21 Å². The lowest BCUT2D eigenvalue weighted by molar-refractivity contribution is 0.0641. The molecule has 1 amide bonds. The molecule has 6 nitrogen and oxygen atoms in total. The van der Waals surface area contributed by atoms with Gasteiger partial charge in [-0.15, -0.1) is 0 Å². The number of rotatable bonds is 3. The maximum atomic E-state index is 13.9. The van der Waals surface area contributed by atoms with Gasteiger partial charge in [-0.2, -0.15) is 4.31 Å². The van der Waals surface area contributed by atoms with Crippen molar-refractivity contribution in [1.29, 1.82) is 0 Å². The SMILES string of the molecule is CCN1CCCCN(S(=O)(=O)c2cccc(F)c2)[C@@H]2CCCC[C@@H]2Oc2ccccc2C1=O. The standard InChI is InChI=1S/C25H31FN2O4S/c1-2-27-16-7-8-17-28(33(30,31)20-11-9-10-19(26)18-20)22-13-4-6-15-24(22)32-23-14-5-3-12-21(23)25(27)29/h3,5,9-12,14,18,22,24H,2,4,6-8,13,15-17H2,1H3/t22-,24+/m1/s1. The van der Waals surface area contributed by atoms with E-state index in [0.29, 0.717) is 56.6 Å². The van der Waals surface area contributed by atoms with Crippen molar-refractivity contribution in [3.8, 4) is 5.75 Å². The molecule has 4 rings (SSSR count). The molecule has 0 N–H and O–H groups in total. The quantitative estimate of drug-likeness (QED) is 0.659. The summed E-state index contributed by atoms with van der Waals surface area (Å²) in [6, 6.07) is 12.0. The largest absolute Gasteiger partial charge is 0.488 e. The zero-order chi connectivity index (χ0) is 23.4. The minimum atomic E-state index is -3.92. The predicted octanol–water partition coefficient (Wildman–Crippen LogP) is 4.46. The van der Waals surface area contributed by atoms with Crippen molar-refractivity contribution in [2.75, 3.05) is 19.6 Å². The zero-order valence-electron chi connectivity index (χ0n) is 19.0. The van der Waals surface area contributed by atoms with Gasteiger partial charge in [-0.05, 0) is 69.4 Å². The predicted molar refractivity (Wildman–Crippen MR) is 124 cm³/mol. The van der Waals surface area contributed by atoms with Gasteiger partial charge in [-0.3, -0.25) is 4.79 Å². The molecule has 0 unspecified atom stereocenters. The normalized spacial score (nSPS) is 23.0. The van der Waals surface area contributed by atoms with Crippen LogP contribution >= 0.6 is 0 Å². The number of fused-ring (bicyclic) bond motifs is 2. The molecule has 1 aliphatic carbocycles. The number of ether oxygens (including phenoxy) is 1. The van der Waals surface area contributed by atoms with Crippen LogP contribution in [0.25, 0.3) is 0 Å². The first-order chi connectivity index (χ1) is 15.9. The van der Waals surface area contributed by atoms with Gasteiger partial charge in [0.05, 0.1) is 16.5 Å². The van der Waals surface area contributed by atoms with Gasteiger partial charge in [0.15, 0.2) is 0 Å². The molecule has 0 aromatic heterocycles. The molecular weight excluding hydrogens is 443 g/mol. The second-order valence-corrected chi connectivity index (χ2v) is 10.6. The van der Waals surface area contributed by atoms with Crippen LogP contribution in [0.2, 0.25) is 0 Å². The minimum Gasteiger partial charge on any atom is -0.488 e. The van der Waals surface area contributed by atoms with Gasteiger partial charge >= 0.3 is 0 Å². The molecule has 2 atom stereocenters. The van der Waals surface area contributed by atoms with Crippen LogP contribution in [0.3, 0.4) is 0 Å². The molecule has 8 heteroatoms. The van der Waals surface area contributed by atoms with Gasteiger partial charge in [0, 0.05) is 19.6 Å². The van der Waals surface area contributed by atoms with Crippen molar-refractivity contribution in [2.24, 2.45) is 0 Å². The summed E-state index contributed by atoms with van der Waals surface area (Å²) in [5.41, 5.74) is 0.504. The Labute approximate surface area is 195 Å². The van der Waals surface area contributed by atoms with E-state index in [1.165, 1.54) is 22.5 Å². The highest BCUT2D eigenvalue weighted by atomic mass is 32.2. The fourth-order valence-electron chi connectivity index (χ4n) is 4.82. The highest BCUT2D eigenvalue weighted by Gasteiger charge is 2.39. The first-order valence-corrected chi connectivity index (χ1v) is 13.2. The van der Waals surface area contributed by atoms with Gasteiger partial charge in [-0.1, -0.05) is 24.6 Å². The van der Waals surface area contributed by atoms with Gasteiger partial charge in [0.2, 0.25) is 10.0 Å². The maximum absolute atomic E-state index is 13.9. The Morgan fingerprint density at radius 3 is 2.55 bits per heavy atom. The fourth-order valence-corrected chi connectivity index (χ4v) is 6.57. The van der Waals surface area contributed by atoms with Crippen LogP contribution in [-0.2, 0) is 10.0 Å². The monoisotopic (exact) mass is 474 g/mol. The third-order valence-corrected chi connectivity index (χ3v) is 8.48. The van der Waals surface area contributed by atoms with Crippen LogP contribution in [0.15, 0.2) is 53.4 Å². The average Bonchev–Trinajstić information content (AvgIpc) is 2.81. The van der Waals surface area contributed by atoms with Crippen molar-refractivity contribution in [3.63, 3.8) is 0 Å². The van der Waals surface area contributed by atoms with Crippen molar-refractivity contribution in [2.45, 2.75) is 62.5 Å². The first kappa shape index (κ1) is 23.7. The summed E-state index contributed by atoms with van der Waals surface area (Å²) in [5, 5.41) is 0. The molecule has 1 heterocycles. The summed E-state index contributed by atoms with van der Waals surface area (Å²) < 4.78 is 49.2. The van der Waals surface area contributed by atoms with E-state index in [2.05, 4.69) is 0 Å². The number of amides is 1. The number of benzene rings is 2. The molecular formula is C25H31FN2O4S. The van der Waals surface area contributed by atoms with Crippen LogP contribution < -0.4 is 4.74 Å². The Balaban J connectivity index is 1.75. The Bertz CT molecular complexity index is 1090. The fraction of sp³-hybridized carbons (Fsp3) is 0.480. The molecule has 2 aromatic rings. The van der Waals surface area contributed by atoms with E-state index in [4.69, 9.17) is 4.74 Å². The van der Waals surface area contributed by atoms with Gasteiger partial charge < -0.3 is 9.64 Å². The zero-order valence-corrected chi connectivity index (χ0v) is 19.8. The molecule has 2 aliphatic rings. The third-order valence-electron chi connectivity index (χ3n) is 6.56. The molecule has 0 spiro atoms. The summed E-state index contributed by atoms with van der Waals surface area (Å²) in [4.78, 5) is 14.9. The number of para-hydroxylation sites is 1. The van der Waals surface area contributed by atoms with Gasteiger partial charge in [-0.25, -0.2) is 12.8 Å². The van der Waals surface area contributed by atoms with Crippen LogP contribution in [0.4, 0.5) is 4.39 Å². The lowest BCUT2D eigenvalue weighted by Gasteiger charge is -2.39. The second kappa shape index (κ2) is 10.2. The van der Waals surface area contributed by atoms with E-state index < -0.39 is 15.8 Å². The van der Waals surface area contributed by atoms with Crippen molar-refractivity contribution < 1.29 is 22.3 Å². The van der Waals surface area contributed by atoms with Crippen LogP contribution in [0.5, 0.6) is 5.75 Å². The second-order valence-electron chi connectivity index (χ2n) is 8.67. The Kier molecular flexibility index (Phi) is 7.34. The lowest BCUT2D eigenvalue weighted by Crippen LogP contribution is -2.51. The summed E-state index contributed by atoms with van der Waals surface area (Å²) in [6.45, 7) is 3.33. The number of halogens is 1. The van der Waals surface area contributed by atoms with Gasteiger partial charge in [0.1, 0.15) is 17.7 Å². The number of nitrogens with zero attached hydrogens (tertiary/aromatic N) is 2. The summed E-state index contributed by atoms with van der Waals surface area (Å²) in [7, 11) is -3.92. The molecule has 1 aliphatic heterocycles. The summed E-state index contributed by atoms with van der Waals surface area (Å²) in [5.74, 6) is -0.153.